The summed E-state index contributed by atoms with van der Waals surface area (Å²) in [6.45, 7) is 5.75. The van der Waals surface area contributed by atoms with Crippen molar-refractivity contribution in [1.82, 2.24) is 14.9 Å². The number of aryl methyl sites for hydroxylation is 1. The number of furan rings is 1. The van der Waals surface area contributed by atoms with Crippen LogP contribution in [0, 0.1) is 0 Å². The molecular weight excluding hydrogens is 254 g/mol. The minimum absolute atomic E-state index is 0.0620. The van der Waals surface area contributed by atoms with Crippen molar-refractivity contribution in [2.24, 2.45) is 7.05 Å². The number of rotatable bonds is 9. The second-order valence-electron chi connectivity index (χ2n) is 4.49. The number of aromatic nitrogens is 2. The third kappa shape index (κ3) is 3.82. The first kappa shape index (κ1) is 14.6. The maximum absolute atomic E-state index is 5.50. The van der Waals surface area contributed by atoms with Gasteiger partial charge in [0.15, 0.2) is 0 Å². The van der Waals surface area contributed by atoms with Crippen LogP contribution in [-0.2, 0) is 11.8 Å². The van der Waals surface area contributed by atoms with Crippen molar-refractivity contribution < 1.29 is 9.15 Å². The Kier molecular flexibility index (Phi) is 5.58. The minimum Gasteiger partial charge on any atom is -0.467 e. The van der Waals surface area contributed by atoms with Crippen LogP contribution in [0.3, 0.4) is 0 Å². The monoisotopic (exact) mass is 275 g/mol. The van der Waals surface area contributed by atoms with Gasteiger partial charge in [0.2, 0.25) is 0 Å². The van der Waals surface area contributed by atoms with E-state index in [-0.39, 0.29) is 6.04 Å². The van der Waals surface area contributed by atoms with Gasteiger partial charge in [0, 0.05) is 26.0 Å². The summed E-state index contributed by atoms with van der Waals surface area (Å²) in [6.07, 6.45) is 8.11. The van der Waals surface area contributed by atoms with Crippen molar-refractivity contribution >= 4 is 0 Å². The standard InChI is InChI=1S/C15H21N3O2/c1-3-4-10-19-12-8-16-14(13-6-5-11-20-13)15-17-7-9-18(15)2/h3,5-7,9,11,14,16H,1,4,8,10,12H2,2H3. The molecule has 0 saturated carbocycles. The largest absolute Gasteiger partial charge is 0.467 e. The van der Waals surface area contributed by atoms with Crippen LogP contribution >= 0.6 is 0 Å². The molecule has 5 heteroatoms. The minimum atomic E-state index is -0.0620. The van der Waals surface area contributed by atoms with Gasteiger partial charge in [-0.3, -0.25) is 5.32 Å². The molecule has 0 aromatic carbocycles. The van der Waals surface area contributed by atoms with Crippen molar-refractivity contribution in [3.63, 3.8) is 0 Å². The average molecular weight is 275 g/mol. The molecule has 0 saturated heterocycles. The SMILES string of the molecule is C=CCCOCCNC(c1ccco1)c1nccn1C. The average Bonchev–Trinajstić information content (AvgIpc) is 3.10. The number of hydrogen-bond acceptors (Lipinski definition) is 4. The molecule has 0 aliphatic carbocycles. The highest BCUT2D eigenvalue weighted by Crippen LogP contribution is 2.20. The van der Waals surface area contributed by atoms with Gasteiger partial charge in [0.25, 0.3) is 0 Å². The van der Waals surface area contributed by atoms with Gasteiger partial charge in [0.1, 0.15) is 17.6 Å². The molecule has 1 N–H and O–H groups in total. The predicted molar refractivity (Wildman–Crippen MR) is 77.4 cm³/mol. The summed E-state index contributed by atoms with van der Waals surface area (Å²) in [4.78, 5) is 4.39. The molecule has 2 heterocycles. The van der Waals surface area contributed by atoms with Gasteiger partial charge in [-0.05, 0) is 18.6 Å². The molecule has 0 bridgehead atoms. The van der Waals surface area contributed by atoms with E-state index in [2.05, 4.69) is 16.9 Å². The molecule has 2 aromatic rings. The Morgan fingerprint density at radius 2 is 2.45 bits per heavy atom. The molecule has 0 radical (unpaired) electrons. The van der Waals surface area contributed by atoms with E-state index in [1.54, 1.807) is 12.5 Å². The number of nitrogens with one attached hydrogen (secondary N) is 1. The van der Waals surface area contributed by atoms with E-state index in [4.69, 9.17) is 9.15 Å². The summed E-state index contributed by atoms with van der Waals surface area (Å²) in [5.41, 5.74) is 0. The summed E-state index contributed by atoms with van der Waals surface area (Å²) in [6, 6.07) is 3.77. The van der Waals surface area contributed by atoms with Gasteiger partial charge < -0.3 is 13.7 Å². The highest BCUT2D eigenvalue weighted by Gasteiger charge is 2.19. The first-order valence-corrected chi connectivity index (χ1v) is 6.75. The van der Waals surface area contributed by atoms with Crippen molar-refractivity contribution in [3.8, 4) is 0 Å². The smallest absolute Gasteiger partial charge is 0.133 e. The van der Waals surface area contributed by atoms with Crippen molar-refractivity contribution in [2.75, 3.05) is 19.8 Å². The van der Waals surface area contributed by atoms with Crippen LogP contribution in [0.1, 0.15) is 24.0 Å². The Bertz CT molecular complexity index is 505. The van der Waals surface area contributed by atoms with E-state index in [9.17, 15) is 0 Å². The van der Waals surface area contributed by atoms with Gasteiger partial charge in [-0.15, -0.1) is 6.58 Å². The summed E-state index contributed by atoms with van der Waals surface area (Å²) < 4.78 is 13.0. The lowest BCUT2D eigenvalue weighted by molar-refractivity contribution is 0.138. The van der Waals surface area contributed by atoms with Gasteiger partial charge in [-0.1, -0.05) is 6.08 Å². The van der Waals surface area contributed by atoms with E-state index in [0.717, 1.165) is 24.6 Å². The van der Waals surface area contributed by atoms with Crippen molar-refractivity contribution in [3.05, 3.63) is 55.0 Å². The van der Waals surface area contributed by atoms with Crippen molar-refractivity contribution in [2.45, 2.75) is 12.5 Å². The molecule has 0 spiro atoms. The molecule has 0 aliphatic rings. The van der Waals surface area contributed by atoms with Crippen LogP contribution < -0.4 is 5.32 Å². The van der Waals surface area contributed by atoms with Gasteiger partial charge in [-0.2, -0.15) is 0 Å². The molecule has 1 atom stereocenters. The Hall–Kier alpha value is -1.85. The Balaban J connectivity index is 1.91. The highest BCUT2D eigenvalue weighted by atomic mass is 16.5. The molecule has 108 valence electrons. The number of hydrogen-bond donors (Lipinski definition) is 1. The first-order chi connectivity index (χ1) is 9.83. The molecule has 5 nitrogen and oxygen atoms in total. The van der Waals surface area contributed by atoms with Crippen LogP contribution in [0.15, 0.2) is 47.9 Å². The third-order valence-corrected chi connectivity index (χ3v) is 3.01. The number of imidazole rings is 1. The maximum Gasteiger partial charge on any atom is 0.133 e. The summed E-state index contributed by atoms with van der Waals surface area (Å²) in [7, 11) is 1.97. The Labute approximate surface area is 119 Å². The van der Waals surface area contributed by atoms with Gasteiger partial charge >= 0.3 is 0 Å². The van der Waals surface area contributed by atoms with E-state index in [1.165, 1.54) is 0 Å². The quantitative estimate of drug-likeness (QED) is 0.563. The maximum atomic E-state index is 5.50. The highest BCUT2D eigenvalue weighted by molar-refractivity contribution is 5.15. The van der Waals surface area contributed by atoms with Crippen LogP contribution in [0.25, 0.3) is 0 Å². The fourth-order valence-electron chi connectivity index (χ4n) is 1.97. The predicted octanol–water partition coefficient (Wildman–Crippen LogP) is 2.28. The Morgan fingerprint density at radius 3 is 3.10 bits per heavy atom. The van der Waals surface area contributed by atoms with Crippen LogP contribution in [0.2, 0.25) is 0 Å². The van der Waals surface area contributed by atoms with Crippen LogP contribution in [0.5, 0.6) is 0 Å². The number of nitrogens with zero attached hydrogens (tertiary/aromatic N) is 2. The first-order valence-electron chi connectivity index (χ1n) is 6.75. The zero-order chi connectivity index (χ0) is 14.2. The molecule has 20 heavy (non-hydrogen) atoms. The van der Waals surface area contributed by atoms with Crippen LogP contribution in [-0.4, -0.2) is 29.3 Å². The molecular formula is C15H21N3O2. The Morgan fingerprint density at radius 1 is 1.55 bits per heavy atom. The van der Waals surface area contributed by atoms with Crippen molar-refractivity contribution in [1.29, 1.82) is 0 Å². The molecule has 2 aromatic heterocycles. The lowest BCUT2D eigenvalue weighted by Crippen LogP contribution is -2.28. The summed E-state index contributed by atoms with van der Waals surface area (Å²) in [5.74, 6) is 1.77. The molecule has 2 rings (SSSR count). The van der Waals surface area contributed by atoms with E-state index in [0.29, 0.717) is 13.2 Å². The zero-order valence-corrected chi connectivity index (χ0v) is 11.8. The summed E-state index contributed by atoms with van der Waals surface area (Å²) >= 11 is 0. The third-order valence-electron chi connectivity index (χ3n) is 3.01. The van der Waals surface area contributed by atoms with E-state index in [1.807, 2.05) is 36.0 Å². The van der Waals surface area contributed by atoms with Gasteiger partial charge in [-0.25, -0.2) is 4.98 Å². The number of ether oxygens (including phenoxy) is 1. The zero-order valence-electron chi connectivity index (χ0n) is 11.8. The lowest BCUT2D eigenvalue weighted by Gasteiger charge is -2.16. The fraction of sp³-hybridized carbons (Fsp3) is 0.400. The van der Waals surface area contributed by atoms with Crippen LogP contribution in [0.4, 0.5) is 0 Å². The topological polar surface area (TPSA) is 52.2 Å². The molecule has 0 fully saturated rings. The second-order valence-corrected chi connectivity index (χ2v) is 4.49. The van der Waals surface area contributed by atoms with E-state index >= 15 is 0 Å². The summed E-state index contributed by atoms with van der Waals surface area (Å²) in [5, 5.41) is 3.41. The molecule has 1 unspecified atom stereocenters. The fourth-order valence-corrected chi connectivity index (χ4v) is 1.97. The normalized spacial score (nSPS) is 12.4. The molecule has 0 aliphatic heterocycles. The lowest BCUT2D eigenvalue weighted by atomic mass is 10.2. The molecule has 0 amide bonds. The van der Waals surface area contributed by atoms with E-state index < -0.39 is 0 Å². The van der Waals surface area contributed by atoms with Gasteiger partial charge in [0.05, 0.1) is 19.5 Å². The second kappa shape index (κ2) is 7.67.